The first-order valence-electron chi connectivity index (χ1n) is 11.6. The third-order valence-electron chi connectivity index (χ3n) is 5.90. The van der Waals surface area contributed by atoms with E-state index in [2.05, 4.69) is 20.9 Å². The highest BCUT2D eigenvalue weighted by atomic mass is 32.1. The lowest BCUT2D eigenvalue weighted by molar-refractivity contribution is -0.148. The van der Waals surface area contributed by atoms with Gasteiger partial charge < -0.3 is 16.0 Å². The van der Waals surface area contributed by atoms with Crippen molar-refractivity contribution in [3.63, 3.8) is 0 Å². The number of carbonyl (C=O) groups excluding carboxylic acids is 4. The van der Waals surface area contributed by atoms with Crippen LogP contribution in [0.3, 0.4) is 0 Å². The highest BCUT2D eigenvalue weighted by Crippen LogP contribution is 2.29. The Labute approximate surface area is 203 Å². The monoisotopic (exact) mass is 485 g/mol. The van der Waals surface area contributed by atoms with Gasteiger partial charge in [0.05, 0.1) is 13.0 Å². The fourth-order valence-electron chi connectivity index (χ4n) is 4.00. The SMILES string of the molecule is [2H][C@@]1(NC(=O)[C@H](C)CNC(=O)c2sc(C(=O)NC)nc2C)C(=O)N2CCCN2Cc2ccccc21. The number of fused-ring (bicyclic) bond motifs is 2. The number of hydrogen-bond donors (Lipinski definition) is 3. The molecule has 1 saturated heterocycles. The Morgan fingerprint density at radius 2 is 2.03 bits per heavy atom. The fourth-order valence-corrected chi connectivity index (χ4v) is 4.93. The molecule has 2 aromatic rings. The van der Waals surface area contributed by atoms with Gasteiger partial charge in [-0.2, -0.15) is 0 Å². The fraction of sp³-hybridized carbons (Fsp3) is 0.435. The zero-order chi connectivity index (χ0) is 25.3. The van der Waals surface area contributed by atoms with Crippen molar-refractivity contribution in [3.8, 4) is 0 Å². The average Bonchev–Trinajstić information content (AvgIpc) is 3.45. The van der Waals surface area contributed by atoms with Crippen LogP contribution in [0.4, 0.5) is 0 Å². The molecule has 1 aromatic carbocycles. The highest BCUT2D eigenvalue weighted by Gasteiger charge is 2.38. The summed E-state index contributed by atoms with van der Waals surface area (Å²) in [7, 11) is 1.48. The summed E-state index contributed by atoms with van der Waals surface area (Å²) in [6.07, 6.45) is 0.805. The van der Waals surface area contributed by atoms with Gasteiger partial charge in [-0.3, -0.25) is 24.2 Å². The molecule has 4 rings (SSSR count). The van der Waals surface area contributed by atoms with E-state index in [-0.39, 0.29) is 22.3 Å². The smallest absolute Gasteiger partial charge is 0.280 e. The van der Waals surface area contributed by atoms with Crippen molar-refractivity contribution in [2.24, 2.45) is 5.92 Å². The van der Waals surface area contributed by atoms with Crippen molar-refractivity contribution in [2.75, 3.05) is 26.7 Å². The molecule has 10 nitrogen and oxygen atoms in total. The van der Waals surface area contributed by atoms with E-state index < -0.39 is 29.7 Å². The molecule has 180 valence electrons. The zero-order valence-electron chi connectivity index (χ0n) is 20.3. The van der Waals surface area contributed by atoms with Crippen molar-refractivity contribution in [3.05, 3.63) is 51.0 Å². The number of aromatic nitrogens is 1. The lowest BCUT2D eigenvalue weighted by Gasteiger charge is -2.28. The van der Waals surface area contributed by atoms with E-state index in [0.29, 0.717) is 30.9 Å². The first-order valence-corrected chi connectivity index (χ1v) is 11.9. The molecule has 4 amide bonds. The number of rotatable bonds is 6. The van der Waals surface area contributed by atoms with Crippen LogP contribution >= 0.6 is 11.3 Å². The number of carbonyl (C=O) groups is 4. The Hall–Kier alpha value is -3.31. The third-order valence-corrected chi connectivity index (χ3v) is 7.06. The second kappa shape index (κ2) is 9.90. The normalized spacial score (nSPS) is 21.1. The quantitative estimate of drug-likeness (QED) is 0.561. The van der Waals surface area contributed by atoms with Crippen molar-refractivity contribution < 1.29 is 20.5 Å². The van der Waals surface area contributed by atoms with Crippen LogP contribution in [0.2, 0.25) is 0 Å². The van der Waals surface area contributed by atoms with Crippen molar-refractivity contribution in [1.82, 2.24) is 31.0 Å². The number of hydrogen-bond acceptors (Lipinski definition) is 7. The molecule has 2 aliphatic heterocycles. The van der Waals surface area contributed by atoms with E-state index in [1.165, 1.54) is 7.05 Å². The predicted octanol–water partition coefficient (Wildman–Crippen LogP) is 0.997. The number of amides is 4. The molecule has 2 aliphatic rings. The molecule has 11 heteroatoms. The summed E-state index contributed by atoms with van der Waals surface area (Å²) in [5, 5.41) is 11.5. The van der Waals surface area contributed by atoms with Crippen LogP contribution in [-0.4, -0.2) is 65.3 Å². The minimum atomic E-state index is -1.97. The van der Waals surface area contributed by atoms with Gasteiger partial charge in [-0.05, 0) is 24.5 Å². The van der Waals surface area contributed by atoms with Crippen LogP contribution in [0, 0.1) is 12.8 Å². The lowest BCUT2D eigenvalue weighted by atomic mass is 9.99. The summed E-state index contributed by atoms with van der Waals surface area (Å²) >= 11 is 0.971. The number of nitrogens with one attached hydrogen (secondary N) is 3. The number of aryl methyl sites for hydroxylation is 1. The van der Waals surface area contributed by atoms with Crippen LogP contribution < -0.4 is 16.0 Å². The van der Waals surface area contributed by atoms with Crippen LogP contribution in [0.15, 0.2) is 24.3 Å². The first-order chi connectivity index (χ1) is 16.7. The van der Waals surface area contributed by atoms with E-state index in [4.69, 9.17) is 1.37 Å². The molecule has 34 heavy (non-hydrogen) atoms. The van der Waals surface area contributed by atoms with Crippen LogP contribution in [-0.2, 0) is 16.1 Å². The number of benzene rings is 1. The van der Waals surface area contributed by atoms with E-state index in [1.54, 1.807) is 31.0 Å². The number of hydrazine groups is 1. The highest BCUT2D eigenvalue weighted by molar-refractivity contribution is 7.15. The molecule has 0 aliphatic carbocycles. The van der Waals surface area contributed by atoms with Gasteiger partial charge in [0.15, 0.2) is 5.01 Å². The maximum absolute atomic E-state index is 13.4. The Balaban J connectivity index is 1.47. The predicted molar refractivity (Wildman–Crippen MR) is 126 cm³/mol. The van der Waals surface area contributed by atoms with Gasteiger partial charge in [0.1, 0.15) is 10.9 Å². The van der Waals surface area contributed by atoms with Gasteiger partial charge in [0, 0.05) is 33.2 Å². The Bertz CT molecular complexity index is 1190. The second-order valence-corrected chi connectivity index (χ2v) is 9.31. The summed E-state index contributed by atoms with van der Waals surface area (Å²) in [5.74, 6) is -2.56. The summed E-state index contributed by atoms with van der Waals surface area (Å²) in [5.41, 5.74) is 1.68. The van der Waals surface area contributed by atoms with Crippen molar-refractivity contribution in [1.29, 1.82) is 0 Å². The molecule has 1 aromatic heterocycles. The lowest BCUT2D eigenvalue weighted by Crippen LogP contribution is -2.47. The van der Waals surface area contributed by atoms with Gasteiger partial charge >= 0.3 is 0 Å². The third kappa shape index (κ3) is 4.66. The Morgan fingerprint density at radius 3 is 2.79 bits per heavy atom. The topological polar surface area (TPSA) is 124 Å². The largest absolute Gasteiger partial charge is 0.353 e. The Kier molecular flexibility index (Phi) is 6.54. The van der Waals surface area contributed by atoms with Gasteiger partial charge in [-0.25, -0.2) is 9.99 Å². The van der Waals surface area contributed by atoms with Crippen molar-refractivity contribution >= 4 is 35.0 Å². The van der Waals surface area contributed by atoms with Crippen LogP contribution in [0.1, 0.15) is 57.0 Å². The molecule has 0 spiro atoms. The summed E-state index contributed by atoms with van der Waals surface area (Å²) < 4.78 is 9.08. The van der Waals surface area contributed by atoms with Crippen LogP contribution in [0.5, 0.6) is 0 Å². The first kappa shape index (κ1) is 22.5. The van der Waals surface area contributed by atoms with Gasteiger partial charge in [0.2, 0.25) is 5.91 Å². The summed E-state index contributed by atoms with van der Waals surface area (Å²) in [4.78, 5) is 55.3. The standard InChI is InChI=1S/C23H28N6O4S/c1-13(11-25-20(31)18-14(2)26-22(34-18)21(32)24-3)19(30)27-17-16-8-5-4-7-15(16)12-28-9-6-10-29(28)23(17)33/h4-5,7-8,13,17H,6,9-12H2,1-3H3,(H,24,32)(H,25,31)(H,27,30)/t13-,17+/m1/s1/i17D. The molecular weight excluding hydrogens is 456 g/mol. The molecule has 0 radical (unpaired) electrons. The van der Waals surface area contributed by atoms with E-state index in [1.807, 2.05) is 17.1 Å². The molecule has 3 heterocycles. The molecule has 1 fully saturated rings. The van der Waals surface area contributed by atoms with Gasteiger partial charge in [-0.15, -0.1) is 11.3 Å². The summed E-state index contributed by atoms with van der Waals surface area (Å²) in [6.45, 7) is 4.94. The number of nitrogens with zero attached hydrogens (tertiary/aromatic N) is 3. The van der Waals surface area contributed by atoms with E-state index >= 15 is 0 Å². The minimum absolute atomic E-state index is 0.0148. The average molecular weight is 486 g/mol. The van der Waals surface area contributed by atoms with Crippen molar-refractivity contribution in [2.45, 2.75) is 32.8 Å². The second-order valence-electron chi connectivity index (χ2n) is 8.32. The zero-order valence-corrected chi connectivity index (χ0v) is 20.1. The molecule has 0 unspecified atom stereocenters. The molecule has 2 atom stereocenters. The van der Waals surface area contributed by atoms with Gasteiger partial charge in [0.25, 0.3) is 17.7 Å². The van der Waals surface area contributed by atoms with E-state index in [9.17, 15) is 19.2 Å². The van der Waals surface area contributed by atoms with E-state index in [0.717, 1.165) is 23.3 Å². The maximum Gasteiger partial charge on any atom is 0.280 e. The molecular formula is C23H28N6O4S. The summed E-state index contributed by atoms with van der Waals surface area (Å²) in [6, 6.07) is 5.20. The Morgan fingerprint density at radius 1 is 1.26 bits per heavy atom. The maximum atomic E-state index is 13.4. The van der Waals surface area contributed by atoms with Crippen LogP contribution in [0.25, 0.3) is 0 Å². The molecule has 0 bridgehead atoms. The van der Waals surface area contributed by atoms with Gasteiger partial charge in [-0.1, -0.05) is 31.2 Å². The number of thiazole rings is 1. The molecule has 3 N–H and O–H groups in total. The minimum Gasteiger partial charge on any atom is -0.353 e. The molecule has 0 saturated carbocycles.